The molecule has 0 radical (unpaired) electrons. The van der Waals surface area contributed by atoms with E-state index >= 15 is 0 Å². The van der Waals surface area contributed by atoms with E-state index in [0.29, 0.717) is 17.1 Å². The van der Waals surface area contributed by atoms with E-state index in [1.165, 1.54) is 11.3 Å². The summed E-state index contributed by atoms with van der Waals surface area (Å²) in [4.78, 5) is 15.7. The molecule has 17 heavy (non-hydrogen) atoms. The van der Waals surface area contributed by atoms with Crippen LogP contribution in [0.4, 0.5) is 5.69 Å². The zero-order chi connectivity index (χ0) is 12.6. The van der Waals surface area contributed by atoms with Crippen molar-refractivity contribution < 1.29 is 9.90 Å². The number of likely N-dealkylation sites (tertiary alicyclic amines) is 1. The molecule has 1 fully saturated rings. The quantitative estimate of drug-likeness (QED) is 0.840. The number of carbonyl (C=O) groups excluding carboxylic acids is 1. The van der Waals surface area contributed by atoms with Gasteiger partial charge in [0.15, 0.2) is 0 Å². The molecule has 1 aliphatic heterocycles. The number of carbonyl (C=O) groups is 1. The Kier molecular flexibility index (Phi) is 3.40. The zero-order valence-electron chi connectivity index (χ0n) is 10.1. The third kappa shape index (κ3) is 2.45. The highest BCUT2D eigenvalue weighted by Gasteiger charge is 2.30. The van der Waals surface area contributed by atoms with Crippen molar-refractivity contribution in [1.82, 2.24) is 4.90 Å². The molecule has 3 N–H and O–H groups in total. The second-order valence-corrected chi connectivity index (χ2v) is 5.92. The lowest BCUT2D eigenvalue weighted by Gasteiger charge is -2.16. The summed E-state index contributed by atoms with van der Waals surface area (Å²) in [7, 11) is 0. The fourth-order valence-electron chi connectivity index (χ4n) is 2.12. The van der Waals surface area contributed by atoms with Gasteiger partial charge in [0.2, 0.25) is 0 Å². The van der Waals surface area contributed by atoms with Gasteiger partial charge in [-0.25, -0.2) is 0 Å². The smallest absolute Gasteiger partial charge is 0.264 e. The fourth-order valence-corrected chi connectivity index (χ4v) is 3.03. The highest BCUT2D eigenvalue weighted by molar-refractivity contribution is 7.14. The summed E-state index contributed by atoms with van der Waals surface area (Å²) in [6.07, 6.45) is 0.534. The predicted molar refractivity (Wildman–Crippen MR) is 69.2 cm³/mol. The molecule has 5 heteroatoms. The van der Waals surface area contributed by atoms with E-state index in [0.717, 1.165) is 17.8 Å². The van der Waals surface area contributed by atoms with E-state index in [4.69, 9.17) is 5.73 Å². The molecule has 0 spiro atoms. The molecule has 94 valence electrons. The van der Waals surface area contributed by atoms with Gasteiger partial charge in [-0.1, -0.05) is 0 Å². The van der Waals surface area contributed by atoms with Crippen molar-refractivity contribution >= 4 is 22.9 Å². The molecule has 2 rings (SSSR count). The van der Waals surface area contributed by atoms with E-state index in [1.807, 2.05) is 11.8 Å². The topological polar surface area (TPSA) is 66.6 Å². The number of amides is 1. The monoisotopic (exact) mass is 254 g/mol. The van der Waals surface area contributed by atoms with Gasteiger partial charge in [0.25, 0.3) is 5.91 Å². The number of hydrogen-bond donors (Lipinski definition) is 2. The standard InChI is InChI=1S/C12H18N2O2S/c1-7(15)9-3-4-14(6-9)12(16)11-5-10(13)8(2)17-11/h5,7,9,15H,3-4,6,13H2,1-2H3. The molecule has 0 bridgehead atoms. The van der Waals surface area contributed by atoms with E-state index in [9.17, 15) is 9.90 Å². The van der Waals surface area contributed by atoms with Crippen LogP contribution < -0.4 is 5.73 Å². The lowest BCUT2D eigenvalue weighted by Crippen LogP contribution is -2.29. The molecule has 1 aliphatic rings. The molecule has 0 aliphatic carbocycles. The van der Waals surface area contributed by atoms with Crippen LogP contribution >= 0.6 is 11.3 Å². The van der Waals surface area contributed by atoms with Crippen molar-refractivity contribution in [3.05, 3.63) is 15.8 Å². The normalized spacial score (nSPS) is 21.8. The van der Waals surface area contributed by atoms with E-state index in [2.05, 4.69) is 0 Å². The molecule has 1 aromatic heterocycles. The maximum atomic E-state index is 12.2. The Balaban J connectivity index is 2.07. The summed E-state index contributed by atoms with van der Waals surface area (Å²) < 4.78 is 0. The van der Waals surface area contributed by atoms with Crippen LogP contribution in [0.2, 0.25) is 0 Å². The van der Waals surface area contributed by atoms with E-state index in [-0.39, 0.29) is 17.9 Å². The van der Waals surface area contributed by atoms with Gasteiger partial charge in [0.05, 0.1) is 11.0 Å². The molecule has 0 saturated carbocycles. The molecule has 1 saturated heterocycles. The average Bonchev–Trinajstić information content (AvgIpc) is 2.86. The highest BCUT2D eigenvalue weighted by Crippen LogP contribution is 2.27. The molecule has 1 aromatic rings. The van der Waals surface area contributed by atoms with Crippen molar-refractivity contribution in [2.75, 3.05) is 18.8 Å². The number of aliphatic hydroxyl groups is 1. The van der Waals surface area contributed by atoms with Gasteiger partial charge in [-0.2, -0.15) is 0 Å². The third-order valence-corrected chi connectivity index (χ3v) is 4.42. The van der Waals surface area contributed by atoms with Crippen LogP contribution in [0.5, 0.6) is 0 Å². The predicted octanol–water partition coefficient (Wildman–Crippen LogP) is 1.48. The van der Waals surface area contributed by atoms with Crippen molar-refractivity contribution in [1.29, 1.82) is 0 Å². The van der Waals surface area contributed by atoms with Gasteiger partial charge in [0.1, 0.15) is 0 Å². The van der Waals surface area contributed by atoms with E-state index < -0.39 is 0 Å². The highest BCUT2D eigenvalue weighted by atomic mass is 32.1. The third-order valence-electron chi connectivity index (χ3n) is 3.36. The fraction of sp³-hybridized carbons (Fsp3) is 0.583. The van der Waals surface area contributed by atoms with E-state index in [1.54, 1.807) is 13.0 Å². The second-order valence-electron chi connectivity index (χ2n) is 4.66. The summed E-state index contributed by atoms with van der Waals surface area (Å²) in [5.41, 5.74) is 6.44. The number of nitrogen functional groups attached to an aromatic ring is 1. The molecule has 0 aromatic carbocycles. The molecular weight excluding hydrogens is 236 g/mol. The number of nitrogens with two attached hydrogens (primary N) is 1. The first-order valence-electron chi connectivity index (χ1n) is 5.82. The summed E-state index contributed by atoms with van der Waals surface area (Å²) in [6.45, 7) is 5.07. The van der Waals surface area contributed by atoms with Crippen molar-refractivity contribution in [3.63, 3.8) is 0 Å². The summed E-state index contributed by atoms with van der Waals surface area (Å²) in [5.74, 6) is 0.246. The van der Waals surface area contributed by atoms with Crippen LogP contribution in [0.25, 0.3) is 0 Å². The van der Waals surface area contributed by atoms with Gasteiger partial charge < -0.3 is 15.7 Å². The van der Waals surface area contributed by atoms with Crippen molar-refractivity contribution in [2.24, 2.45) is 5.92 Å². The molecule has 4 nitrogen and oxygen atoms in total. The first kappa shape index (κ1) is 12.4. The number of rotatable bonds is 2. The molecule has 2 unspecified atom stereocenters. The first-order valence-corrected chi connectivity index (χ1v) is 6.64. The number of aryl methyl sites for hydroxylation is 1. The van der Waals surface area contributed by atoms with Gasteiger partial charge in [0, 0.05) is 29.6 Å². The van der Waals surface area contributed by atoms with Crippen LogP contribution in [0, 0.1) is 12.8 Å². The van der Waals surface area contributed by atoms with Gasteiger partial charge in [-0.15, -0.1) is 11.3 Å². The minimum absolute atomic E-state index is 0.0398. The lowest BCUT2D eigenvalue weighted by atomic mass is 10.0. The zero-order valence-corrected chi connectivity index (χ0v) is 11.0. The average molecular weight is 254 g/mol. The van der Waals surface area contributed by atoms with Gasteiger partial charge in [-0.3, -0.25) is 4.79 Å². The number of nitrogens with zero attached hydrogens (tertiary/aromatic N) is 1. The lowest BCUT2D eigenvalue weighted by molar-refractivity contribution is 0.0767. The number of anilines is 1. The number of thiophene rings is 1. The summed E-state index contributed by atoms with van der Waals surface area (Å²) in [6, 6.07) is 1.75. The van der Waals surface area contributed by atoms with Crippen LogP contribution in [-0.2, 0) is 0 Å². The Morgan fingerprint density at radius 3 is 2.88 bits per heavy atom. The Morgan fingerprint density at radius 1 is 1.71 bits per heavy atom. The van der Waals surface area contributed by atoms with Crippen LogP contribution in [0.1, 0.15) is 27.9 Å². The van der Waals surface area contributed by atoms with Crippen LogP contribution in [0.3, 0.4) is 0 Å². The largest absolute Gasteiger partial charge is 0.398 e. The summed E-state index contributed by atoms with van der Waals surface area (Å²) >= 11 is 1.44. The Bertz CT molecular complexity index is 409. The maximum absolute atomic E-state index is 12.2. The second kappa shape index (κ2) is 4.66. The van der Waals surface area contributed by atoms with Gasteiger partial charge >= 0.3 is 0 Å². The SMILES string of the molecule is Cc1sc(C(=O)N2CCC(C(C)O)C2)cc1N. The number of aliphatic hydroxyl groups excluding tert-OH is 1. The summed E-state index contributed by atoms with van der Waals surface area (Å²) in [5, 5.41) is 9.52. The Labute approximate surface area is 105 Å². The molecular formula is C12H18N2O2S. The molecule has 2 heterocycles. The molecule has 2 atom stereocenters. The van der Waals surface area contributed by atoms with Gasteiger partial charge in [-0.05, 0) is 26.3 Å². The van der Waals surface area contributed by atoms with Crippen molar-refractivity contribution in [3.8, 4) is 0 Å². The molecule has 1 amide bonds. The van der Waals surface area contributed by atoms with Crippen molar-refractivity contribution in [2.45, 2.75) is 26.4 Å². The minimum atomic E-state index is -0.344. The maximum Gasteiger partial charge on any atom is 0.264 e. The minimum Gasteiger partial charge on any atom is -0.398 e. The Morgan fingerprint density at radius 2 is 2.41 bits per heavy atom. The Hall–Kier alpha value is -1.07. The van der Waals surface area contributed by atoms with Crippen LogP contribution in [0.15, 0.2) is 6.07 Å². The number of hydrogen-bond acceptors (Lipinski definition) is 4. The first-order chi connectivity index (χ1) is 7.99. The van der Waals surface area contributed by atoms with Crippen LogP contribution in [-0.4, -0.2) is 35.1 Å².